The fourth-order valence-corrected chi connectivity index (χ4v) is 4.32. The highest BCUT2D eigenvalue weighted by Gasteiger charge is 2.50. The smallest absolute Gasteiger partial charge is 0.276 e. The summed E-state index contributed by atoms with van der Waals surface area (Å²) in [7, 11) is 0. The van der Waals surface area contributed by atoms with Gasteiger partial charge in [-0.25, -0.2) is 0 Å². The first-order valence-electron chi connectivity index (χ1n) is 8.22. The van der Waals surface area contributed by atoms with Crippen molar-refractivity contribution in [3.05, 3.63) is 11.9 Å². The summed E-state index contributed by atoms with van der Waals surface area (Å²) >= 11 is 0. The van der Waals surface area contributed by atoms with Crippen molar-refractivity contribution in [1.29, 1.82) is 0 Å². The standard InChI is InChI=1S/C16H25N5O2/c1-15(2)9-16(3,10-15)14(23)17-6-11-4-5-21(8-11)13(22)12-7-18-20-19-12/h7,11H,4-6,8-10H2,1-3H3,(H,17,23)(H,18,19,20)/t11-/m1/s1. The molecule has 7 heteroatoms. The average Bonchev–Trinajstić information content (AvgIpc) is 3.13. The van der Waals surface area contributed by atoms with E-state index in [9.17, 15) is 9.59 Å². The molecule has 23 heavy (non-hydrogen) atoms. The molecule has 0 spiro atoms. The Bertz CT molecular complexity index is 588. The van der Waals surface area contributed by atoms with Gasteiger partial charge in [0.05, 0.1) is 6.20 Å². The van der Waals surface area contributed by atoms with Crippen LogP contribution in [-0.2, 0) is 4.79 Å². The topological polar surface area (TPSA) is 91.0 Å². The third kappa shape index (κ3) is 3.23. The van der Waals surface area contributed by atoms with Gasteiger partial charge in [0.15, 0.2) is 5.69 Å². The first-order valence-corrected chi connectivity index (χ1v) is 8.22. The van der Waals surface area contributed by atoms with Gasteiger partial charge >= 0.3 is 0 Å². The zero-order valence-corrected chi connectivity index (χ0v) is 14.1. The fourth-order valence-electron chi connectivity index (χ4n) is 4.32. The number of aromatic amines is 1. The van der Waals surface area contributed by atoms with Crippen LogP contribution in [0, 0.1) is 16.7 Å². The largest absolute Gasteiger partial charge is 0.355 e. The molecule has 0 aromatic carbocycles. The molecule has 1 aromatic heterocycles. The molecular formula is C16H25N5O2. The van der Waals surface area contributed by atoms with Gasteiger partial charge in [-0.3, -0.25) is 9.59 Å². The third-order valence-corrected chi connectivity index (χ3v) is 5.04. The van der Waals surface area contributed by atoms with Crippen molar-refractivity contribution in [3.63, 3.8) is 0 Å². The second-order valence-electron chi connectivity index (χ2n) is 8.05. The molecule has 2 heterocycles. The Morgan fingerprint density at radius 1 is 1.39 bits per heavy atom. The minimum Gasteiger partial charge on any atom is -0.355 e. The molecule has 0 unspecified atom stereocenters. The number of amides is 2. The Balaban J connectivity index is 1.46. The zero-order chi connectivity index (χ0) is 16.7. The van der Waals surface area contributed by atoms with E-state index in [1.54, 1.807) is 4.90 Å². The molecule has 0 bridgehead atoms. The Labute approximate surface area is 136 Å². The van der Waals surface area contributed by atoms with E-state index < -0.39 is 0 Å². The Hall–Kier alpha value is -1.92. The number of hydrogen-bond acceptors (Lipinski definition) is 4. The van der Waals surface area contributed by atoms with E-state index in [-0.39, 0.29) is 22.6 Å². The van der Waals surface area contributed by atoms with Crippen LogP contribution in [0.1, 0.15) is 50.5 Å². The van der Waals surface area contributed by atoms with Crippen LogP contribution >= 0.6 is 0 Å². The van der Waals surface area contributed by atoms with Crippen LogP contribution in [0.15, 0.2) is 6.20 Å². The lowest BCUT2D eigenvalue weighted by Gasteiger charge is -2.50. The molecular weight excluding hydrogens is 294 g/mol. The summed E-state index contributed by atoms with van der Waals surface area (Å²) in [6.45, 7) is 8.45. The van der Waals surface area contributed by atoms with Crippen molar-refractivity contribution in [2.45, 2.75) is 40.0 Å². The number of aromatic nitrogens is 3. The van der Waals surface area contributed by atoms with Gasteiger partial charge in [0.1, 0.15) is 0 Å². The summed E-state index contributed by atoms with van der Waals surface area (Å²) in [4.78, 5) is 26.4. The monoisotopic (exact) mass is 319 g/mol. The summed E-state index contributed by atoms with van der Waals surface area (Å²) in [5, 5.41) is 13.0. The Morgan fingerprint density at radius 3 is 2.74 bits per heavy atom. The van der Waals surface area contributed by atoms with Crippen molar-refractivity contribution in [1.82, 2.24) is 25.6 Å². The van der Waals surface area contributed by atoms with Crippen LogP contribution in [-0.4, -0.2) is 51.8 Å². The number of H-pyrrole nitrogens is 1. The highest BCUT2D eigenvalue weighted by Crippen LogP contribution is 2.53. The van der Waals surface area contributed by atoms with Crippen molar-refractivity contribution >= 4 is 11.8 Å². The zero-order valence-electron chi connectivity index (χ0n) is 14.1. The second kappa shape index (κ2) is 5.62. The minimum absolute atomic E-state index is 0.0970. The normalized spacial score (nSPS) is 25.0. The van der Waals surface area contributed by atoms with Gasteiger partial charge in [-0.1, -0.05) is 20.8 Å². The van der Waals surface area contributed by atoms with Gasteiger partial charge < -0.3 is 10.2 Å². The number of nitrogens with zero attached hydrogens (tertiary/aromatic N) is 3. The summed E-state index contributed by atoms with van der Waals surface area (Å²) in [5.41, 5.74) is 0.400. The maximum atomic E-state index is 12.4. The first-order chi connectivity index (χ1) is 10.8. The number of hydrogen-bond donors (Lipinski definition) is 2. The molecule has 1 aliphatic heterocycles. The van der Waals surface area contributed by atoms with Gasteiger partial charge in [0.25, 0.3) is 5.91 Å². The molecule has 1 aliphatic carbocycles. The summed E-state index contributed by atoms with van der Waals surface area (Å²) < 4.78 is 0. The van der Waals surface area contributed by atoms with Gasteiger partial charge in [-0.05, 0) is 30.6 Å². The molecule has 2 fully saturated rings. The van der Waals surface area contributed by atoms with Crippen molar-refractivity contribution in [3.8, 4) is 0 Å². The highest BCUT2D eigenvalue weighted by atomic mass is 16.2. The SMILES string of the molecule is CC1(C)CC(C)(C(=O)NC[C@H]2CCN(C(=O)c3cn[nH]n3)C2)C1. The molecule has 3 rings (SSSR count). The lowest BCUT2D eigenvalue weighted by molar-refractivity contribution is -0.142. The van der Waals surface area contributed by atoms with Crippen molar-refractivity contribution in [2.75, 3.05) is 19.6 Å². The third-order valence-electron chi connectivity index (χ3n) is 5.04. The predicted octanol–water partition coefficient (Wildman–Crippen LogP) is 1.21. The number of nitrogens with one attached hydrogen (secondary N) is 2. The van der Waals surface area contributed by atoms with E-state index in [1.165, 1.54) is 6.20 Å². The summed E-state index contributed by atoms with van der Waals surface area (Å²) in [5.74, 6) is 0.366. The van der Waals surface area contributed by atoms with E-state index >= 15 is 0 Å². The number of rotatable bonds is 4. The van der Waals surface area contributed by atoms with Crippen LogP contribution in [0.5, 0.6) is 0 Å². The lowest BCUT2D eigenvalue weighted by atomic mass is 9.55. The first kappa shape index (κ1) is 16.0. The molecule has 126 valence electrons. The van der Waals surface area contributed by atoms with Gasteiger partial charge in [-0.15, -0.1) is 0 Å². The molecule has 7 nitrogen and oxygen atoms in total. The highest BCUT2D eigenvalue weighted by molar-refractivity contribution is 5.92. The second-order valence-corrected chi connectivity index (χ2v) is 8.05. The average molecular weight is 319 g/mol. The molecule has 2 amide bonds. The van der Waals surface area contributed by atoms with Gasteiger partial charge in [-0.2, -0.15) is 15.4 Å². The fraction of sp³-hybridized carbons (Fsp3) is 0.750. The predicted molar refractivity (Wildman–Crippen MR) is 84.5 cm³/mol. The van der Waals surface area contributed by atoms with Crippen LogP contribution in [0.25, 0.3) is 0 Å². The maximum absolute atomic E-state index is 12.4. The van der Waals surface area contributed by atoms with Crippen molar-refractivity contribution in [2.24, 2.45) is 16.7 Å². The number of carbonyl (C=O) groups excluding carboxylic acids is 2. The van der Waals surface area contributed by atoms with Crippen LogP contribution < -0.4 is 5.32 Å². The summed E-state index contributed by atoms with van der Waals surface area (Å²) in [6.07, 6.45) is 4.23. The van der Waals surface area contributed by atoms with E-state index in [0.717, 1.165) is 19.3 Å². The van der Waals surface area contributed by atoms with E-state index in [1.807, 2.05) is 6.92 Å². The molecule has 2 N–H and O–H groups in total. The van der Waals surface area contributed by atoms with Crippen LogP contribution in [0.4, 0.5) is 0 Å². The van der Waals surface area contributed by atoms with Crippen LogP contribution in [0.3, 0.4) is 0 Å². The van der Waals surface area contributed by atoms with E-state index in [2.05, 4.69) is 34.6 Å². The molecule has 1 atom stereocenters. The quantitative estimate of drug-likeness (QED) is 0.872. The number of carbonyl (C=O) groups is 2. The Morgan fingerprint density at radius 2 is 2.13 bits per heavy atom. The van der Waals surface area contributed by atoms with Crippen LogP contribution in [0.2, 0.25) is 0 Å². The number of likely N-dealkylation sites (tertiary alicyclic amines) is 1. The molecule has 1 saturated carbocycles. The minimum atomic E-state index is -0.224. The maximum Gasteiger partial charge on any atom is 0.276 e. The molecule has 1 saturated heterocycles. The lowest BCUT2D eigenvalue weighted by Crippen LogP contribution is -2.52. The van der Waals surface area contributed by atoms with E-state index in [0.29, 0.717) is 31.2 Å². The Kier molecular flexibility index (Phi) is 3.90. The van der Waals surface area contributed by atoms with Crippen molar-refractivity contribution < 1.29 is 9.59 Å². The van der Waals surface area contributed by atoms with Gasteiger partial charge in [0, 0.05) is 25.0 Å². The van der Waals surface area contributed by atoms with E-state index in [4.69, 9.17) is 0 Å². The summed E-state index contributed by atoms with van der Waals surface area (Å²) in [6, 6.07) is 0. The molecule has 1 aromatic rings. The van der Waals surface area contributed by atoms with Gasteiger partial charge in [0.2, 0.25) is 5.91 Å². The molecule has 2 aliphatic rings. The molecule has 0 radical (unpaired) electrons.